The van der Waals surface area contributed by atoms with Crippen molar-refractivity contribution in [3.8, 4) is 0 Å². The van der Waals surface area contributed by atoms with Gasteiger partial charge in [-0.25, -0.2) is 0 Å². The molecule has 0 aromatic rings. The Kier molecular flexibility index (Phi) is 4.46. The second kappa shape index (κ2) is 5.74. The number of carboxylic acids is 1. The number of alkyl halides is 3. The molecule has 2 aliphatic rings. The first kappa shape index (κ1) is 17.1. The topological polar surface area (TPSA) is 57.6 Å². The third-order valence-corrected chi connectivity index (χ3v) is 4.91. The number of carbonyl (C=O) groups excluding carboxylic acids is 1. The second-order valence-corrected chi connectivity index (χ2v) is 7.03. The molecule has 0 spiro atoms. The van der Waals surface area contributed by atoms with Gasteiger partial charge in [-0.15, -0.1) is 0 Å². The fourth-order valence-corrected chi connectivity index (χ4v) is 3.78. The van der Waals surface area contributed by atoms with E-state index >= 15 is 0 Å². The van der Waals surface area contributed by atoms with Gasteiger partial charge in [-0.05, 0) is 25.2 Å². The lowest BCUT2D eigenvalue weighted by atomic mass is 9.63. The minimum Gasteiger partial charge on any atom is -0.481 e. The summed E-state index contributed by atoms with van der Waals surface area (Å²) in [4.78, 5) is 24.9. The molecule has 4 nitrogen and oxygen atoms in total. The van der Waals surface area contributed by atoms with E-state index in [1.165, 1.54) is 0 Å². The molecule has 0 unspecified atom stereocenters. The molecule has 1 amide bonds. The van der Waals surface area contributed by atoms with Gasteiger partial charge in [0, 0.05) is 18.5 Å². The molecule has 22 heavy (non-hydrogen) atoms. The molecule has 0 bridgehead atoms. The van der Waals surface area contributed by atoms with Crippen LogP contribution in [-0.2, 0) is 9.59 Å². The molecule has 0 radical (unpaired) electrons. The molecule has 1 N–H and O–H groups in total. The number of aliphatic carboxylic acids is 1. The van der Waals surface area contributed by atoms with Gasteiger partial charge >= 0.3 is 12.1 Å². The van der Waals surface area contributed by atoms with Crippen LogP contribution >= 0.6 is 0 Å². The van der Waals surface area contributed by atoms with Crippen molar-refractivity contribution in [2.24, 2.45) is 23.2 Å². The zero-order valence-electron chi connectivity index (χ0n) is 12.8. The van der Waals surface area contributed by atoms with E-state index in [0.29, 0.717) is 19.3 Å². The molecule has 2 atom stereocenters. The average molecular weight is 321 g/mol. The molecule has 2 fully saturated rings. The summed E-state index contributed by atoms with van der Waals surface area (Å²) >= 11 is 0. The summed E-state index contributed by atoms with van der Waals surface area (Å²) in [6.45, 7) is 3.10. The number of halogens is 3. The third-order valence-electron chi connectivity index (χ3n) is 4.91. The summed E-state index contributed by atoms with van der Waals surface area (Å²) in [5.74, 6) is -5.01. The Labute approximate surface area is 127 Å². The maximum atomic E-state index is 13.0. The van der Waals surface area contributed by atoms with Gasteiger partial charge < -0.3 is 10.0 Å². The average Bonchev–Trinajstić information content (AvgIpc) is 2.77. The van der Waals surface area contributed by atoms with Crippen LogP contribution in [0.5, 0.6) is 0 Å². The number of nitrogens with zero attached hydrogens (tertiary/aromatic N) is 1. The SMILES string of the molecule is CC(C)CC1(C(=O)N2C[C@@H](C(F)(F)F)[C@H](C(=O)O)C2)CCC1. The van der Waals surface area contributed by atoms with Crippen LogP contribution in [0.3, 0.4) is 0 Å². The van der Waals surface area contributed by atoms with Crippen molar-refractivity contribution in [3.63, 3.8) is 0 Å². The fourth-order valence-electron chi connectivity index (χ4n) is 3.78. The summed E-state index contributed by atoms with van der Waals surface area (Å²) in [5, 5.41) is 9.03. The molecule has 0 aromatic carbocycles. The van der Waals surface area contributed by atoms with Gasteiger partial charge in [0.15, 0.2) is 0 Å². The van der Waals surface area contributed by atoms with Gasteiger partial charge in [0.25, 0.3) is 0 Å². The van der Waals surface area contributed by atoms with Gasteiger partial charge in [0.1, 0.15) is 0 Å². The Morgan fingerprint density at radius 3 is 2.18 bits per heavy atom. The maximum Gasteiger partial charge on any atom is 0.394 e. The number of carbonyl (C=O) groups is 2. The molecule has 1 saturated heterocycles. The highest BCUT2D eigenvalue weighted by Gasteiger charge is 2.56. The zero-order valence-corrected chi connectivity index (χ0v) is 12.8. The van der Waals surface area contributed by atoms with Crippen molar-refractivity contribution >= 4 is 11.9 Å². The summed E-state index contributed by atoms with van der Waals surface area (Å²) in [6.07, 6.45) is -1.67. The Balaban J connectivity index is 2.16. The van der Waals surface area contributed by atoms with E-state index in [1.807, 2.05) is 13.8 Å². The van der Waals surface area contributed by atoms with E-state index in [4.69, 9.17) is 5.11 Å². The molecular formula is C15H22F3NO3. The Morgan fingerprint density at radius 2 is 1.86 bits per heavy atom. The molecule has 0 aromatic heterocycles. The highest BCUT2D eigenvalue weighted by Crippen LogP contribution is 2.49. The normalized spacial score (nSPS) is 27.8. The Hall–Kier alpha value is -1.27. The zero-order chi connectivity index (χ0) is 16.7. The number of rotatable bonds is 4. The van der Waals surface area contributed by atoms with Gasteiger partial charge in [-0.2, -0.15) is 13.2 Å². The minimum absolute atomic E-state index is 0.278. The first-order chi connectivity index (χ1) is 10.1. The van der Waals surface area contributed by atoms with Crippen molar-refractivity contribution in [1.29, 1.82) is 0 Å². The number of hydrogen-bond acceptors (Lipinski definition) is 2. The van der Waals surface area contributed by atoms with Gasteiger partial charge in [-0.3, -0.25) is 9.59 Å². The highest BCUT2D eigenvalue weighted by molar-refractivity contribution is 5.85. The van der Waals surface area contributed by atoms with E-state index in [-0.39, 0.29) is 18.4 Å². The molecule has 1 heterocycles. The second-order valence-electron chi connectivity index (χ2n) is 7.03. The Bertz CT molecular complexity index is 457. The molecule has 1 saturated carbocycles. The lowest BCUT2D eigenvalue weighted by Gasteiger charge is -2.44. The predicted octanol–water partition coefficient (Wildman–Crippen LogP) is 2.92. The van der Waals surface area contributed by atoms with Crippen LogP contribution in [0.1, 0.15) is 39.5 Å². The maximum absolute atomic E-state index is 13.0. The third kappa shape index (κ3) is 3.08. The number of amides is 1. The van der Waals surface area contributed by atoms with E-state index in [0.717, 1.165) is 11.3 Å². The van der Waals surface area contributed by atoms with E-state index in [1.54, 1.807) is 0 Å². The molecule has 1 aliphatic heterocycles. The molecule has 126 valence electrons. The molecule has 1 aliphatic carbocycles. The molecule has 2 rings (SSSR count). The van der Waals surface area contributed by atoms with Gasteiger partial charge in [-0.1, -0.05) is 20.3 Å². The summed E-state index contributed by atoms with van der Waals surface area (Å²) < 4.78 is 39.0. The van der Waals surface area contributed by atoms with Crippen molar-refractivity contribution in [3.05, 3.63) is 0 Å². The standard InChI is InChI=1S/C15H22F3NO3/c1-9(2)6-14(4-3-5-14)13(22)19-7-10(12(20)21)11(8-19)15(16,17)18/h9-11H,3-8H2,1-2H3,(H,20,21)/t10-,11-/m1/s1. The first-order valence-corrected chi connectivity index (χ1v) is 7.66. The van der Waals surface area contributed by atoms with Crippen LogP contribution in [0.25, 0.3) is 0 Å². The number of hydrogen-bond donors (Lipinski definition) is 1. The van der Waals surface area contributed by atoms with Gasteiger partial charge in [0.05, 0.1) is 11.8 Å². The Morgan fingerprint density at radius 1 is 1.27 bits per heavy atom. The van der Waals surface area contributed by atoms with E-state index < -0.39 is 35.9 Å². The summed E-state index contributed by atoms with van der Waals surface area (Å²) in [7, 11) is 0. The van der Waals surface area contributed by atoms with Crippen molar-refractivity contribution < 1.29 is 27.9 Å². The number of carboxylic acid groups (broad SMARTS) is 1. The minimum atomic E-state index is -4.59. The highest BCUT2D eigenvalue weighted by atomic mass is 19.4. The van der Waals surface area contributed by atoms with Crippen LogP contribution in [0.15, 0.2) is 0 Å². The fraction of sp³-hybridized carbons (Fsp3) is 0.867. The van der Waals surface area contributed by atoms with Crippen LogP contribution in [0.4, 0.5) is 13.2 Å². The predicted molar refractivity (Wildman–Crippen MR) is 73.0 cm³/mol. The van der Waals surface area contributed by atoms with Crippen molar-refractivity contribution in [2.75, 3.05) is 13.1 Å². The van der Waals surface area contributed by atoms with Gasteiger partial charge in [0.2, 0.25) is 5.91 Å². The van der Waals surface area contributed by atoms with Crippen LogP contribution in [0, 0.1) is 23.2 Å². The van der Waals surface area contributed by atoms with Crippen molar-refractivity contribution in [2.45, 2.75) is 45.7 Å². The lowest BCUT2D eigenvalue weighted by molar-refractivity contribution is -0.188. The molecule has 7 heteroatoms. The van der Waals surface area contributed by atoms with Crippen LogP contribution < -0.4 is 0 Å². The lowest BCUT2D eigenvalue weighted by Crippen LogP contribution is -2.48. The quantitative estimate of drug-likeness (QED) is 0.866. The largest absolute Gasteiger partial charge is 0.481 e. The number of likely N-dealkylation sites (tertiary alicyclic amines) is 1. The van der Waals surface area contributed by atoms with E-state index in [2.05, 4.69) is 0 Å². The summed E-state index contributed by atoms with van der Waals surface area (Å²) in [5.41, 5.74) is -0.572. The van der Waals surface area contributed by atoms with Crippen molar-refractivity contribution in [1.82, 2.24) is 4.90 Å². The summed E-state index contributed by atoms with van der Waals surface area (Å²) in [6, 6.07) is 0. The smallest absolute Gasteiger partial charge is 0.394 e. The monoisotopic (exact) mass is 321 g/mol. The van der Waals surface area contributed by atoms with Crippen LogP contribution in [0.2, 0.25) is 0 Å². The van der Waals surface area contributed by atoms with Crippen LogP contribution in [-0.4, -0.2) is 41.1 Å². The molecular weight excluding hydrogens is 299 g/mol. The van der Waals surface area contributed by atoms with E-state index in [9.17, 15) is 22.8 Å². The first-order valence-electron chi connectivity index (χ1n) is 7.66.